The highest BCUT2D eigenvalue weighted by Gasteiger charge is 2.20. The molecule has 90 valence electrons. The molecule has 1 unspecified atom stereocenters. The molecule has 2 nitrogen and oxygen atoms in total. The van der Waals surface area contributed by atoms with Crippen LogP contribution in [0.1, 0.15) is 58.8 Å². The lowest BCUT2D eigenvalue weighted by Crippen LogP contribution is -2.40. The number of unbranched alkanes of at least 4 members (excludes halogenated alkanes) is 2. The van der Waals surface area contributed by atoms with Crippen LogP contribution in [0.25, 0.3) is 0 Å². The van der Waals surface area contributed by atoms with Crippen LogP contribution in [0.15, 0.2) is 0 Å². The Balaban J connectivity index is 2.30. The number of ether oxygens (including phenoxy) is 1. The normalized spacial score (nSPS) is 22.2. The van der Waals surface area contributed by atoms with Crippen LogP contribution >= 0.6 is 0 Å². The van der Waals surface area contributed by atoms with Gasteiger partial charge >= 0.3 is 0 Å². The van der Waals surface area contributed by atoms with Gasteiger partial charge in [-0.15, -0.1) is 0 Å². The Morgan fingerprint density at radius 2 is 1.73 bits per heavy atom. The van der Waals surface area contributed by atoms with Crippen LogP contribution in [0.2, 0.25) is 0 Å². The summed E-state index contributed by atoms with van der Waals surface area (Å²) in [4.78, 5) is 2.56. The van der Waals surface area contributed by atoms with Crippen molar-refractivity contribution >= 4 is 0 Å². The summed E-state index contributed by atoms with van der Waals surface area (Å²) in [6, 6.07) is 0. The van der Waals surface area contributed by atoms with E-state index in [2.05, 4.69) is 18.7 Å². The highest BCUT2D eigenvalue weighted by Crippen LogP contribution is 2.17. The van der Waals surface area contributed by atoms with Crippen molar-refractivity contribution in [3.8, 4) is 0 Å². The van der Waals surface area contributed by atoms with Gasteiger partial charge in [-0.05, 0) is 32.1 Å². The Kier molecular flexibility index (Phi) is 7.03. The molecule has 0 bridgehead atoms. The van der Waals surface area contributed by atoms with Gasteiger partial charge in [-0.3, -0.25) is 4.90 Å². The first-order chi connectivity index (χ1) is 7.38. The minimum Gasteiger partial charge on any atom is -0.363 e. The summed E-state index contributed by atoms with van der Waals surface area (Å²) in [7, 11) is 0. The highest BCUT2D eigenvalue weighted by molar-refractivity contribution is 4.67. The van der Waals surface area contributed by atoms with Crippen LogP contribution in [0, 0.1) is 0 Å². The molecule has 15 heavy (non-hydrogen) atoms. The second kappa shape index (κ2) is 8.12. The largest absolute Gasteiger partial charge is 0.363 e. The van der Waals surface area contributed by atoms with Gasteiger partial charge in [0.2, 0.25) is 0 Å². The van der Waals surface area contributed by atoms with Gasteiger partial charge in [-0.2, -0.15) is 0 Å². The molecule has 1 aliphatic rings. The van der Waals surface area contributed by atoms with Gasteiger partial charge in [0.05, 0.1) is 0 Å². The monoisotopic (exact) mass is 213 g/mol. The lowest BCUT2D eigenvalue weighted by atomic mass is 10.1. The maximum atomic E-state index is 5.86. The molecule has 0 amide bonds. The van der Waals surface area contributed by atoms with E-state index in [4.69, 9.17) is 4.74 Å². The van der Waals surface area contributed by atoms with E-state index in [-0.39, 0.29) is 0 Å². The first kappa shape index (κ1) is 13.0. The average molecular weight is 213 g/mol. The third-order valence-electron chi connectivity index (χ3n) is 3.16. The quantitative estimate of drug-likeness (QED) is 0.642. The molecule has 0 N–H and O–H groups in total. The number of hydrogen-bond donors (Lipinski definition) is 0. The lowest BCUT2D eigenvalue weighted by molar-refractivity contribution is -0.0864. The third-order valence-corrected chi connectivity index (χ3v) is 3.16. The highest BCUT2D eigenvalue weighted by atomic mass is 16.5. The van der Waals surface area contributed by atoms with Crippen molar-refractivity contribution in [3.05, 3.63) is 0 Å². The molecule has 2 heteroatoms. The minimum atomic E-state index is 0.428. The molecule has 1 saturated heterocycles. The van der Waals surface area contributed by atoms with Gasteiger partial charge in [0.1, 0.15) is 6.23 Å². The SMILES string of the molecule is CCCCN(CCCC)C1CCCCO1. The second-order valence-corrected chi connectivity index (χ2v) is 4.56. The molecule has 0 aliphatic carbocycles. The van der Waals surface area contributed by atoms with Gasteiger partial charge in [0.15, 0.2) is 0 Å². The Hall–Kier alpha value is -0.0800. The Morgan fingerprint density at radius 3 is 2.20 bits per heavy atom. The number of nitrogens with zero attached hydrogens (tertiary/aromatic N) is 1. The first-order valence-corrected chi connectivity index (χ1v) is 6.74. The zero-order valence-corrected chi connectivity index (χ0v) is 10.5. The minimum absolute atomic E-state index is 0.428. The summed E-state index contributed by atoms with van der Waals surface area (Å²) in [6.07, 6.45) is 9.47. The predicted octanol–water partition coefficient (Wildman–Crippen LogP) is 3.42. The molecule has 0 saturated carbocycles. The summed E-state index contributed by atoms with van der Waals surface area (Å²) in [6.45, 7) is 7.95. The van der Waals surface area contributed by atoms with Gasteiger partial charge in [0.25, 0.3) is 0 Å². The fraction of sp³-hybridized carbons (Fsp3) is 1.00. The van der Waals surface area contributed by atoms with E-state index in [1.165, 1.54) is 58.0 Å². The lowest BCUT2D eigenvalue weighted by Gasteiger charge is -2.34. The molecule has 0 radical (unpaired) electrons. The van der Waals surface area contributed by atoms with Gasteiger partial charge in [-0.1, -0.05) is 26.7 Å². The molecule has 0 aromatic heterocycles. The third kappa shape index (κ3) is 4.98. The molecule has 0 spiro atoms. The fourth-order valence-electron chi connectivity index (χ4n) is 2.13. The molecule has 1 fully saturated rings. The second-order valence-electron chi connectivity index (χ2n) is 4.56. The van der Waals surface area contributed by atoms with Gasteiger partial charge in [-0.25, -0.2) is 0 Å². The summed E-state index contributed by atoms with van der Waals surface area (Å²) in [5, 5.41) is 0. The summed E-state index contributed by atoms with van der Waals surface area (Å²) < 4.78 is 5.86. The van der Waals surface area contributed by atoms with Crippen molar-refractivity contribution in [1.82, 2.24) is 4.90 Å². The van der Waals surface area contributed by atoms with Crippen LogP contribution in [0.3, 0.4) is 0 Å². The van der Waals surface area contributed by atoms with Gasteiger partial charge in [0, 0.05) is 19.7 Å². The van der Waals surface area contributed by atoms with Gasteiger partial charge < -0.3 is 4.74 Å². The summed E-state index contributed by atoms with van der Waals surface area (Å²) in [5.41, 5.74) is 0. The van der Waals surface area contributed by atoms with E-state index < -0.39 is 0 Å². The molecule has 1 aliphatic heterocycles. The van der Waals surface area contributed by atoms with E-state index in [0.29, 0.717) is 6.23 Å². The van der Waals surface area contributed by atoms with Crippen LogP contribution in [-0.2, 0) is 4.74 Å². The fourth-order valence-corrected chi connectivity index (χ4v) is 2.13. The van der Waals surface area contributed by atoms with E-state index in [9.17, 15) is 0 Å². The summed E-state index contributed by atoms with van der Waals surface area (Å²) in [5.74, 6) is 0. The van der Waals surface area contributed by atoms with Crippen molar-refractivity contribution in [3.63, 3.8) is 0 Å². The molecular formula is C13H27NO. The first-order valence-electron chi connectivity index (χ1n) is 6.74. The van der Waals surface area contributed by atoms with Crippen LogP contribution in [-0.4, -0.2) is 30.8 Å². The molecule has 1 atom stereocenters. The smallest absolute Gasteiger partial charge is 0.110 e. The van der Waals surface area contributed by atoms with E-state index in [0.717, 1.165) is 6.61 Å². The number of rotatable bonds is 7. The molecule has 1 rings (SSSR count). The standard InChI is InChI=1S/C13H27NO/c1-3-5-10-14(11-6-4-2)13-9-7-8-12-15-13/h13H,3-12H2,1-2H3. The summed E-state index contributed by atoms with van der Waals surface area (Å²) >= 11 is 0. The van der Waals surface area contributed by atoms with Crippen molar-refractivity contribution in [2.24, 2.45) is 0 Å². The Bertz CT molecular complexity index is 135. The molecule has 0 aromatic rings. The van der Waals surface area contributed by atoms with Crippen LogP contribution in [0.5, 0.6) is 0 Å². The van der Waals surface area contributed by atoms with E-state index in [1.54, 1.807) is 0 Å². The molecule has 1 heterocycles. The topological polar surface area (TPSA) is 12.5 Å². The van der Waals surface area contributed by atoms with Crippen molar-refractivity contribution in [1.29, 1.82) is 0 Å². The van der Waals surface area contributed by atoms with E-state index >= 15 is 0 Å². The Morgan fingerprint density at radius 1 is 1.07 bits per heavy atom. The molecular weight excluding hydrogens is 186 g/mol. The zero-order valence-electron chi connectivity index (χ0n) is 10.5. The maximum absolute atomic E-state index is 5.86. The average Bonchev–Trinajstić information content (AvgIpc) is 2.30. The Labute approximate surface area is 95.0 Å². The van der Waals surface area contributed by atoms with Crippen molar-refractivity contribution < 1.29 is 4.74 Å². The van der Waals surface area contributed by atoms with E-state index in [1.807, 2.05) is 0 Å². The molecule has 0 aromatic carbocycles. The van der Waals surface area contributed by atoms with Crippen LogP contribution in [0.4, 0.5) is 0 Å². The number of hydrogen-bond acceptors (Lipinski definition) is 2. The van der Waals surface area contributed by atoms with Crippen molar-refractivity contribution in [2.45, 2.75) is 65.0 Å². The maximum Gasteiger partial charge on any atom is 0.110 e. The van der Waals surface area contributed by atoms with Crippen LogP contribution < -0.4 is 0 Å². The van der Waals surface area contributed by atoms with Crippen molar-refractivity contribution in [2.75, 3.05) is 19.7 Å². The predicted molar refractivity (Wildman–Crippen MR) is 65.0 cm³/mol. The zero-order chi connectivity index (χ0) is 10.9.